The first kappa shape index (κ1) is 19.9. The Balaban J connectivity index is 1.33. The van der Waals surface area contributed by atoms with E-state index in [0.29, 0.717) is 13.2 Å². The molecule has 0 aliphatic carbocycles. The molecule has 0 saturated heterocycles. The van der Waals surface area contributed by atoms with E-state index in [1.165, 1.54) is 0 Å². The van der Waals surface area contributed by atoms with Crippen LogP contribution < -0.4 is 4.74 Å². The van der Waals surface area contributed by atoms with Crippen LogP contribution in [0.4, 0.5) is 0 Å². The average Bonchev–Trinajstić information content (AvgIpc) is 3.33. The number of hydrogen-bond acceptors (Lipinski definition) is 5. The summed E-state index contributed by atoms with van der Waals surface area (Å²) in [5.74, 6) is 0.803. The van der Waals surface area contributed by atoms with Crippen LogP contribution in [-0.2, 0) is 18.0 Å². The van der Waals surface area contributed by atoms with E-state index in [1.807, 2.05) is 66.9 Å². The van der Waals surface area contributed by atoms with Gasteiger partial charge in [-0.1, -0.05) is 53.7 Å². The SMILES string of the molecule is COc1ccc(-n2cc(COCc3cc(-c4ccccc4)nc4ccccc34)nn2)cc1. The lowest BCUT2D eigenvalue weighted by Crippen LogP contribution is -1.98. The van der Waals surface area contributed by atoms with Crippen molar-refractivity contribution in [1.82, 2.24) is 20.0 Å². The summed E-state index contributed by atoms with van der Waals surface area (Å²) in [5, 5.41) is 9.54. The molecule has 5 rings (SSSR count). The molecule has 5 aromatic rings. The van der Waals surface area contributed by atoms with Crippen molar-refractivity contribution < 1.29 is 9.47 Å². The maximum atomic E-state index is 6.03. The van der Waals surface area contributed by atoms with Gasteiger partial charge >= 0.3 is 0 Å². The molecule has 0 spiro atoms. The number of pyridine rings is 1. The highest BCUT2D eigenvalue weighted by Gasteiger charge is 2.09. The molecule has 0 fully saturated rings. The van der Waals surface area contributed by atoms with Gasteiger partial charge in [0.2, 0.25) is 0 Å². The monoisotopic (exact) mass is 422 g/mol. The maximum absolute atomic E-state index is 6.03. The van der Waals surface area contributed by atoms with E-state index in [1.54, 1.807) is 11.8 Å². The normalized spacial score (nSPS) is 11.0. The van der Waals surface area contributed by atoms with E-state index in [0.717, 1.165) is 44.9 Å². The van der Waals surface area contributed by atoms with Gasteiger partial charge in [-0.15, -0.1) is 5.10 Å². The number of hydrogen-bond donors (Lipinski definition) is 0. The van der Waals surface area contributed by atoms with Crippen LogP contribution in [0.2, 0.25) is 0 Å². The standard InChI is InChI=1S/C26H22N4O2/c1-31-23-13-11-22(12-14-23)30-16-21(28-29-30)18-32-17-20-15-26(19-7-3-2-4-8-19)27-25-10-6-5-9-24(20)25/h2-16H,17-18H2,1H3. The summed E-state index contributed by atoms with van der Waals surface area (Å²) in [5.41, 5.74) is 5.75. The number of methoxy groups -OCH3 is 1. The summed E-state index contributed by atoms with van der Waals surface area (Å²) in [6.45, 7) is 0.825. The molecule has 0 aliphatic heterocycles. The molecule has 0 amide bonds. The first-order chi connectivity index (χ1) is 15.8. The highest BCUT2D eigenvalue weighted by molar-refractivity contribution is 5.85. The molecule has 0 radical (unpaired) electrons. The Labute approximate surface area is 186 Å². The number of para-hydroxylation sites is 1. The summed E-state index contributed by atoms with van der Waals surface area (Å²) < 4.78 is 13.0. The van der Waals surface area contributed by atoms with Crippen molar-refractivity contribution in [2.24, 2.45) is 0 Å². The minimum atomic E-state index is 0.369. The van der Waals surface area contributed by atoms with E-state index < -0.39 is 0 Å². The van der Waals surface area contributed by atoms with Crippen molar-refractivity contribution >= 4 is 10.9 Å². The van der Waals surface area contributed by atoms with E-state index in [2.05, 4.69) is 34.6 Å². The van der Waals surface area contributed by atoms with Crippen LogP contribution in [0.25, 0.3) is 27.8 Å². The van der Waals surface area contributed by atoms with Gasteiger partial charge in [-0.05, 0) is 42.0 Å². The second-order valence-electron chi connectivity index (χ2n) is 7.40. The summed E-state index contributed by atoms with van der Waals surface area (Å²) in [6.07, 6.45) is 1.88. The van der Waals surface area contributed by atoms with Gasteiger partial charge in [0.25, 0.3) is 0 Å². The van der Waals surface area contributed by atoms with Crippen LogP contribution >= 0.6 is 0 Å². The lowest BCUT2D eigenvalue weighted by atomic mass is 10.0. The second-order valence-corrected chi connectivity index (χ2v) is 7.40. The van der Waals surface area contributed by atoms with Crippen molar-refractivity contribution in [2.75, 3.05) is 7.11 Å². The third kappa shape index (κ3) is 4.22. The zero-order chi connectivity index (χ0) is 21.8. The first-order valence-electron chi connectivity index (χ1n) is 10.4. The molecule has 0 bridgehead atoms. The van der Waals surface area contributed by atoms with Crippen molar-refractivity contribution in [3.05, 3.63) is 102 Å². The van der Waals surface area contributed by atoms with E-state index in [9.17, 15) is 0 Å². The van der Waals surface area contributed by atoms with Crippen LogP contribution in [0.5, 0.6) is 5.75 Å². The zero-order valence-electron chi connectivity index (χ0n) is 17.7. The third-order valence-electron chi connectivity index (χ3n) is 5.26. The van der Waals surface area contributed by atoms with Crippen LogP contribution in [0.15, 0.2) is 91.1 Å². The minimum Gasteiger partial charge on any atom is -0.497 e. The molecule has 32 heavy (non-hydrogen) atoms. The van der Waals surface area contributed by atoms with Crippen LogP contribution in [-0.4, -0.2) is 27.1 Å². The van der Waals surface area contributed by atoms with Gasteiger partial charge in [0.1, 0.15) is 11.4 Å². The van der Waals surface area contributed by atoms with E-state index in [4.69, 9.17) is 14.5 Å². The van der Waals surface area contributed by atoms with Gasteiger partial charge in [-0.2, -0.15) is 0 Å². The Kier molecular flexibility index (Phi) is 5.59. The Hall–Kier alpha value is -4.03. The summed E-state index contributed by atoms with van der Waals surface area (Å²) in [7, 11) is 1.65. The number of benzene rings is 3. The quantitative estimate of drug-likeness (QED) is 0.360. The van der Waals surface area contributed by atoms with E-state index >= 15 is 0 Å². The molecule has 0 N–H and O–H groups in total. The number of ether oxygens (including phenoxy) is 2. The molecule has 158 valence electrons. The predicted molar refractivity (Wildman–Crippen MR) is 124 cm³/mol. The zero-order valence-corrected chi connectivity index (χ0v) is 17.7. The molecule has 0 atom stereocenters. The van der Waals surface area contributed by atoms with Gasteiger partial charge in [0.15, 0.2) is 0 Å². The molecule has 0 aliphatic rings. The van der Waals surface area contributed by atoms with E-state index in [-0.39, 0.29) is 0 Å². The summed E-state index contributed by atoms with van der Waals surface area (Å²) in [6, 6.07) is 28.1. The number of fused-ring (bicyclic) bond motifs is 1. The molecule has 0 unspecified atom stereocenters. The lowest BCUT2D eigenvalue weighted by molar-refractivity contribution is 0.105. The lowest BCUT2D eigenvalue weighted by Gasteiger charge is -2.10. The Morgan fingerprint density at radius 2 is 1.62 bits per heavy atom. The van der Waals surface area contributed by atoms with Crippen molar-refractivity contribution in [2.45, 2.75) is 13.2 Å². The second kappa shape index (κ2) is 8.99. The fourth-order valence-corrected chi connectivity index (χ4v) is 3.61. The Morgan fingerprint density at radius 3 is 2.44 bits per heavy atom. The number of rotatable bonds is 7. The fraction of sp³-hybridized carbons (Fsp3) is 0.115. The highest BCUT2D eigenvalue weighted by atomic mass is 16.5. The summed E-state index contributed by atoms with van der Waals surface area (Å²) >= 11 is 0. The van der Waals surface area contributed by atoms with Gasteiger partial charge in [0.05, 0.1) is 43.4 Å². The van der Waals surface area contributed by atoms with Gasteiger partial charge < -0.3 is 9.47 Å². The molecule has 6 heteroatoms. The fourth-order valence-electron chi connectivity index (χ4n) is 3.61. The topological polar surface area (TPSA) is 62.1 Å². The third-order valence-corrected chi connectivity index (χ3v) is 5.26. The number of aromatic nitrogens is 4. The Morgan fingerprint density at radius 1 is 0.844 bits per heavy atom. The molecule has 6 nitrogen and oxygen atoms in total. The molecule has 2 heterocycles. The predicted octanol–water partition coefficient (Wildman–Crippen LogP) is 5.21. The van der Waals surface area contributed by atoms with Gasteiger partial charge in [-0.3, -0.25) is 0 Å². The van der Waals surface area contributed by atoms with Crippen LogP contribution in [0.1, 0.15) is 11.3 Å². The van der Waals surface area contributed by atoms with Gasteiger partial charge in [-0.25, -0.2) is 9.67 Å². The first-order valence-corrected chi connectivity index (χ1v) is 10.4. The molecule has 2 aromatic heterocycles. The largest absolute Gasteiger partial charge is 0.497 e. The van der Waals surface area contributed by atoms with Crippen molar-refractivity contribution in [3.63, 3.8) is 0 Å². The molecule has 3 aromatic carbocycles. The Bertz CT molecular complexity index is 1330. The van der Waals surface area contributed by atoms with Gasteiger partial charge in [0, 0.05) is 10.9 Å². The van der Waals surface area contributed by atoms with Crippen LogP contribution in [0, 0.1) is 0 Å². The van der Waals surface area contributed by atoms with Crippen LogP contribution in [0.3, 0.4) is 0 Å². The number of nitrogens with zero attached hydrogens (tertiary/aromatic N) is 4. The summed E-state index contributed by atoms with van der Waals surface area (Å²) in [4.78, 5) is 4.83. The molecule has 0 saturated carbocycles. The molecular formula is C26H22N4O2. The smallest absolute Gasteiger partial charge is 0.119 e. The highest BCUT2D eigenvalue weighted by Crippen LogP contribution is 2.25. The minimum absolute atomic E-state index is 0.369. The maximum Gasteiger partial charge on any atom is 0.119 e. The van der Waals surface area contributed by atoms with Crippen molar-refractivity contribution in [3.8, 4) is 22.7 Å². The average molecular weight is 422 g/mol. The van der Waals surface area contributed by atoms with Crippen molar-refractivity contribution in [1.29, 1.82) is 0 Å². The molecular weight excluding hydrogens is 400 g/mol.